The van der Waals surface area contributed by atoms with Crippen molar-refractivity contribution in [2.75, 3.05) is 26.2 Å². The lowest BCUT2D eigenvalue weighted by molar-refractivity contribution is -0.144. The molecule has 0 radical (unpaired) electrons. The molecule has 2 heterocycles. The van der Waals surface area contributed by atoms with Crippen LogP contribution in [0.2, 0.25) is 0 Å². The number of carboxylic acids is 2. The van der Waals surface area contributed by atoms with Gasteiger partial charge in [-0.15, -0.1) is 24.8 Å². The van der Waals surface area contributed by atoms with E-state index in [1.807, 2.05) is 48.5 Å². The summed E-state index contributed by atoms with van der Waals surface area (Å²) in [5, 5.41) is 25.9. The maximum absolute atomic E-state index is 11.8. The topological polar surface area (TPSA) is 108 Å². The quantitative estimate of drug-likeness (QED) is 0.371. The first-order chi connectivity index (χ1) is 16.0. The van der Waals surface area contributed by atoms with Crippen LogP contribution in [-0.4, -0.2) is 48.3 Å². The standard InChI is InChI=1S/C26H32N2O5.2ClH/c29-25(30)23(19-7-9-27-15-19)13-17-3-1-5-21(11-17)33-22-6-2-4-18(12-22)14-24(26(31)32)20-8-10-28-16-20;;/h1-6,11-12,19-20,23-24,27-28H,7-10,13-16H2,(H,29,30)(H,31,32);2*1H/t19-,20-,23-,24-;;/m0../s1. The Bertz CT molecular complexity index is 900. The minimum absolute atomic E-state index is 0. The second-order valence-electron chi connectivity index (χ2n) is 9.20. The van der Waals surface area contributed by atoms with Crippen molar-refractivity contribution in [3.63, 3.8) is 0 Å². The van der Waals surface area contributed by atoms with Crippen molar-refractivity contribution in [2.45, 2.75) is 25.7 Å². The Labute approximate surface area is 218 Å². The van der Waals surface area contributed by atoms with Crippen molar-refractivity contribution >= 4 is 36.8 Å². The van der Waals surface area contributed by atoms with Gasteiger partial charge >= 0.3 is 11.9 Å². The number of benzene rings is 2. The normalized spacial score (nSPS) is 20.8. The van der Waals surface area contributed by atoms with Gasteiger partial charge in [0.05, 0.1) is 11.8 Å². The number of rotatable bonds is 10. The molecule has 0 aliphatic carbocycles. The van der Waals surface area contributed by atoms with Crippen LogP contribution in [0, 0.1) is 23.7 Å². The zero-order valence-electron chi connectivity index (χ0n) is 19.5. The van der Waals surface area contributed by atoms with Crippen LogP contribution < -0.4 is 15.4 Å². The third kappa shape index (κ3) is 7.84. The first-order valence-electron chi connectivity index (χ1n) is 11.7. The van der Waals surface area contributed by atoms with Gasteiger partial charge in [0.15, 0.2) is 0 Å². The number of hydrogen-bond donors (Lipinski definition) is 4. The van der Waals surface area contributed by atoms with E-state index in [1.54, 1.807) is 0 Å². The summed E-state index contributed by atoms with van der Waals surface area (Å²) >= 11 is 0. The number of ether oxygens (including phenoxy) is 1. The van der Waals surface area contributed by atoms with Crippen LogP contribution in [0.25, 0.3) is 0 Å². The average Bonchev–Trinajstić information content (AvgIpc) is 3.50. The Morgan fingerprint density at radius 2 is 1.23 bits per heavy atom. The molecular formula is C26H34Cl2N2O5. The van der Waals surface area contributed by atoms with Crippen LogP contribution in [0.4, 0.5) is 0 Å². The minimum atomic E-state index is -0.756. The van der Waals surface area contributed by atoms with E-state index in [0.717, 1.165) is 50.1 Å². The Balaban J connectivity index is 0.00000216. The summed E-state index contributed by atoms with van der Waals surface area (Å²) in [6.45, 7) is 3.23. The van der Waals surface area contributed by atoms with Crippen molar-refractivity contribution < 1.29 is 24.5 Å². The monoisotopic (exact) mass is 524 g/mol. The second kappa shape index (κ2) is 13.7. The zero-order chi connectivity index (χ0) is 23.2. The predicted molar refractivity (Wildman–Crippen MR) is 139 cm³/mol. The molecule has 192 valence electrons. The Hall–Kier alpha value is -2.32. The van der Waals surface area contributed by atoms with Gasteiger partial charge in [-0.25, -0.2) is 0 Å². The summed E-state index contributed by atoms with van der Waals surface area (Å²) in [6.07, 6.45) is 2.70. The number of carboxylic acid groups (broad SMARTS) is 2. The molecule has 0 aromatic heterocycles. The molecule has 0 saturated carbocycles. The third-order valence-electron chi connectivity index (χ3n) is 6.91. The van der Waals surface area contributed by atoms with E-state index >= 15 is 0 Å². The van der Waals surface area contributed by atoms with Crippen LogP contribution in [0.15, 0.2) is 48.5 Å². The highest BCUT2D eigenvalue weighted by atomic mass is 35.5. The van der Waals surface area contributed by atoms with Gasteiger partial charge < -0.3 is 25.6 Å². The van der Waals surface area contributed by atoms with Crippen molar-refractivity contribution in [1.29, 1.82) is 0 Å². The highest BCUT2D eigenvalue weighted by molar-refractivity contribution is 5.85. The molecule has 4 rings (SSSR count). The van der Waals surface area contributed by atoms with Crippen molar-refractivity contribution in [3.05, 3.63) is 59.7 Å². The molecule has 2 saturated heterocycles. The molecule has 2 fully saturated rings. The van der Waals surface area contributed by atoms with E-state index in [-0.39, 0.29) is 36.6 Å². The minimum Gasteiger partial charge on any atom is -0.481 e. The Morgan fingerprint density at radius 1 is 0.800 bits per heavy atom. The highest BCUT2D eigenvalue weighted by Crippen LogP contribution is 2.29. The van der Waals surface area contributed by atoms with Gasteiger partial charge in [-0.3, -0.25) is 9.59 Å². The van der Waals surface area contributed by atoms with Gasteiger partial charge in [0.25, 0.3) is 0 Å². The summed E-state index contributed by atoms with van der Waals surface area (Å²) in [5.41, 5.74) is 1.87. The SMILES string of the molecule is Cl.Cl.O=C(O)[C@@H](Cc1cccc(Oc2cccc(C[C@H](C(=O)O)[C@H]3CCNC3)c2)c1)[C@H]1CCNC1. The van der Waals surface area contributed by atoms with Crippen LogP contribution in [0.5, 0.6) is 11.5 Å². The smallest absolute Gasteiger partial charge is 0.307 e. The zero-order valence-corrected chi connectivity index (χ0v) is 21.2. The maximum atomic E-state index is 11.8. The Morgan fingerprint density at radius 3 is 1.57 bits per heavy atom. The first kappa shape index (κ1) is 28.9. The average molecular weight is 525 g/mol. The largest absolute Gasteiger partial charge is 0.481 e. The van der Waals surface area contributed by atoms with E-state index in [4.69, 9.17) is 4.74 Å². The fraction of sp³-hybridized carbons (Fsp3) is 0.462. The van der Waals surface area contributed by atoms with Gasteiger partial charge in [0, 0.05) is 0 Å². The lowest BCUT2D eigenvalue weighted by atomic mass is 9.86. The summed E-state index contributed by atoms with van der Waals surface area (Å²) in [7, 11) is 0. The number of aliphatic carboxylic acids is 2. The molecule has 7 nitrogen and oxygen atoms in total. The van der Waals surface area contributed by atoms with Crippen molar-refractivity contribution in [1.82, 2.24) is 10.6 Å². The number of halogens is 2. The van der Waals surface area contributed by atoms with E-state index in [2.05, 4.69) is 10.6 Å². The number of carbonyl (C=O) groups is 2. The van der Waals surface area contributed by atoms with Crippen LogP contribution in [-0.2, 0) is 22.4 Å². The van der Waals surface area contributed by atoms with Gasteiger partial charge in [0.1, 0.15) is 11.5 Å². The molecule has 0 bridgehead atoms. The number of hydrogen-bond acceptors (Lipinski definition) is 5. The molecule has 4 N–H and O–H groups in total. The number of nitrogens with one attached hydrogen (secondary N) is 2. The first-order valence-corrected chi connectivity index (χ1v) is 11.7. The molecule has 0 amide bonds. The van der Waals surface area contributed by atoms with Crippen LogP contribution in [0.1, 0.15) is 24.0 Å². The maximum Gasteiger partial charge on any atom is 0.307 e. The lowest BCUT2D eigenvalue weighted by Crippen LogP contribution is -2.27. The molecule has 2 aromatic carbocycles. The third-order valence-corrected chi connectivity index (χ3v) is 6.91. The fourth-order valence-electron chi connectivity index (χ4n) is 5.07. The summed E-state index contributed by atoms with van der Waals surface area (Å²) in [6, 6.07) is 15.1. The van der Waals surface area contributed by atoms with E-state index in [1.165, 1.54) is 0 Å². The van der Waals surface area contributed by atoms with Crippen molar-refractivity contribution in [3.8, 4) is 11.5 Å². The molecule has 0 unspecified atom stereocenters. The Kier molecular flexibility index (Phi) is 11.3. The molecule has 4 atom stereocenters. The second-order valence-corrected chi connectivity index (χ2v) is 9.20. The van der Waals surface area contributed by atoms with E-state index in [9.17, 15) is 19.8 Å². The van der Waals surface area contributed by atoms with Gasteiger partial charge in [-0.05, 0) is 99.1 Å². The van der Waals surface area contributed by atoms with Gasteiger partial charge in [0.2, 0.25) is 0 Å². The molecule has 9 heteroatoms. The molecular weight excluding hydrogens is 491 g/mol. The lowest BCUT2D eigenvalue weighted by Gasteiger charge is -2.19. The van der Waals surface area contributed by atoms with Crippen molar-refractivity contribution in [2.24, 2.45) is 23.7 Å². The molecule has 2 aromatic rings. The summed E-state index contributed by atoms with van der Waals surface area (Å²) in [5.74, 6) is -0.780. The summed E-state index contributed by atoms with van der Waals surface area (Å²) < 4.78 is 6.08. The molecule has 35 heavy (non-hydrogen) atoms. The van der Waals surface area contributed by atoms with E-state index < -0.39 is 23.8 Å². The van der Waals surface area contributed by atoms with Gasteiger partial charge in [-0.2, -0.15) is 0 Å². The fourth-order valence-corrected chi connectivity index (χ4v) is 5.07. The molecule has 2 aliphatic heterocycles. The molecule has 2 aliphatic rings. The molecule has 0 spiro atoms. The van der Waals surface area contributed by atoms with Crippen LogP contribution >= 0.6 is 24.8 Å². The predicted octanol–water partition coefficient (Wildman–Crippen LogP) is 4.03. The van der Waals surface area contributed by atoms with E-state index in [0.29, 0.717) is 24.3 Å². The highest BCUT2D eigenvalue weighted by Gasteiger charge is 2.31. The van der Waals surface area contributed by atoms with Gasteiger partial charge in [-0.1, -0.05) is 24.3 Å². The van der Waals surface area contributed by atoms with Crippen LogP contribution in [0.3, 0.4) is 0 Å². The summed E-state index contributed by atoms with van der Waals surface area (Å²) in [4.78, 5) is 23.7.